The second kappa shape index (κ2) is 9.99. The van der Waals surface area contributed by atoms with Crippen molar-refractivity contribution in [2.75, 3.05) is 33.7 Å². The van der Waals surface area contributed by atoms with Crippen molar-refractivity contribution in [1.82, 2.24) is 20.1 Å². The van der Waals surface area contributed by atoms with Gasteiger partial charge in [-0.25, -0.2) is 0 Å². The molecule has 2 heterocycles. The SMILES string of the molecule is CC(C)CNC(=O)c1cncc(-c2ccc(CN(C)C3CCN(C)CC3)cc2)c1. The molecule has 1 aromatic heterocycles. The number of hydrogen-bond acceptors (Lipinski definition) is 4. The van der Waals surface area contributed by atoms with Gasteiger partial charge in [0.15, 0.2) is 0 Å². The Kier molecular flexibility index (Phi) is 7.40. The third kappa shape index (κ3) is 6.12. The number of pyridine rings is 1. The number of carbonyl (C=O) groups is 1. The summed E-state index contributed by atoms with van der Waals surface area (Å²) in [5.41, 5.74) is 3.97. The Balaban J connectivity index is 1.62. The Morgan fingerprint density at radius 3 is 2.52 bits per heavy atom. The molecule has 1 N–H and O–H groups in total. The van der Waals surface area contributed by atoms with Crippen molar-refractivity contribution < 1.29 is 4.79 Å². The zero-order valence-electron chi connectivity index (χ0n) is 18.2. The molecule has 5 nitrogen and oxygen atoms in total. The summed E-state index contributed by atoms with van der Waals surface area (Å²) in [7, 11) is 4.43. The fraction of sp³-hybridized carbons (Fsp3) is 0.500. The van der Waals surface area contributed by atoms with Gasteiger partial charge in [0.1, 0.15) is 0 Å². The minimum Gasteiger partial charge on any atom is -0.352 e. The van der Waals surface area contributed by atoms with Gasteiger partial charge >= 0.3 is 0 Å². The smallest absolute Gasteiger partial charge is 0.252 e. The Morgan fingerprint density at radius 1 is 1.17 bits per heavy atom. The molecule has 1 aliphatic rings. The molecule has 3 rings (SSSR count). The van der Waals surface area contributed by atoms with Crippen LogP contribution >= 0.6 is 0 Å². The van der Waals surface area contributed by atoms with Gasteiger partial charge < -0.3 is 10.2 Å². The Hall–Kier alpha value is -2.24. The van der Waals surface area contributed by atoms with Crippen molar-refractivity contribution in [2.45, 2.75) is 39.3 Å². The van der Waals surface area contributed by atoms with Crippen molar-refractivity contribution in [1.29, 1.82) is 0 Å². The molecule has 29 heavy (non-hydrogen) atoms. The van der Waals surface area contributed by atoms with Crippen LogP contribution in [0.3, 0.4) is 0 Å². The van der Waals surface area contributed by atoms with Crippen LogP contribution in [0.4, 0.5) is 0 Å². The van der Waals surface area contributed by atoms with Gasteiger partial charge in [-0.05, 0) is 63.1 Å². The van der Waals surface area contributed by atoms with Crippen LogP contribution in [0.2, 0.25) is 0 Å². The van der Waals surface area contributed by atoms with Crippen LogP contribution in [0.1, 0.15) is 42.6 Å². The zero-order chi connectivity index (χ0) is 20.8. The van der Waals surface area contributed by atoms with E-state index in [9.17, 15) is 4.79 Å². The Bertz CT molecular complexity index is 795. The molecule has 1 fully saturated rings. The minimum absolute atomic E-state index is 0.0654. The normalized spacial score (nSPS) is 15.8. The minimum atomic E-state index is -0.0654. The van der Waals surface area contributed by atoms with Gasteiger partial charge in [0, 0.05) is 37.1 Å². The number of aromatic nitrogens is 1. The van der Waals surface area contributed by atoms with Crippen molar-refractivity contribution in [2.24, 2.45) is 5.92 Å². The predicted octanol–water partition coefficient (Wildman–Crippen LogP) is 3.66. The molecule has 5 heteroatoms. The first-order valence-corrected chi connectivity index (χ1v) is 10.6. The summed E-state index contributed by atoms with van der Waals surface area (Å²) in [5, 5.41) is 2.95. The lowest BCUT2D eigenvalue weighted by Gasteiger charge is -2.35. The van der Waals surface area contributed by atoms with E-state index in [2.05, 4.69) is 72.3 Å². The number of carbonyl (C=O) groups excluding carboxylic acids is 1. The summed E-state index contributed by atoms with van der Waals surface area (Å²) in [5.74, 6) is 0.361. The number of nitrogens with one attached hydrogen (secondary N) is 1. The highest BCUT2D eigenvalue weighted by molar-refractivity contribution is 5.95. The van der Waals surface area contributed by atoms with E-state index in [0.717, 1.165) is 17.7 Å². The lowest BCUT2D eigenvalue weighted by molar-refractivity contribution is 0.0948. The topological polar surface area (TPSA) is 48.5 Å². The summed E-state index contributed by atoms with van der Waals surface area (Å²) < 4.78 is 0. The van der Waals surface area contributed by atoms with Gasteiger partial charge in [-0.2, -0.15) is 0 Å². The number of benzene rings is 1. The fourth-order valence-electron chi connectivity index (χ4n) is 3.78. The van der Waals surface area contributed by atoms with Crippen molar-refractivity contribution in [3.05, 3.63) is 53.9 Å². The first-order chi connectivity index (χ1) is 13.9. The molecule has 0 unspecified atom stereocenters. The first-order valence-electron chi connectivity index (χ1n) is 10.6. The molecule has 0 bridgehead atoms. The van der Waals surface area contributed by atoms with Crippen LogP contribution < -0.4 is 5.32 Å². The van der Waals surface area contributed by atoms with Gasteiger partial charge in [-0.15, -0.1) is 0 Å². The van der Waals surface area contributed by atoms with E-state index >= 15 is 0 Å². The molecule has 0 aliphatic carbocycles. The molecule has 0 radical (unpaired) electrons. The van der Waals surface area contributed by atoms with Crippen molar-refractivity contribution >= 4 is 5.91 Å². The molecule has 1 saturated heterocycles. The molecular weight excluding hydrogens is 360 g/mol. The molecular formula is C24H34N4O. The summed E-state index contributed by atoms with van der Waals surface area (Å²) in [6.07, 6.45) is 5.92. The number of hydrogen-bond donors (Lipinski definition) is 1. The lowest BCUT2D eigenvalue weighted by Crippen LogP contribution is -2.41. The largest absolute Gasteiger partial charge is 0.352 e. The second-order valence-electron chi connectivity index (χ2n) is 8.71. The molecule has 2 aromatic rings. The highest BCUT2D eigenvalue weighted by Crippen LogP contribution is 2.22. The molecule has 1 amide bonds. The summed E-state index contributed by atoms with van der Waals surface area (Å²) in [4.78, 5) is 21.5. The van der Waals surface area contributed by atoms with Gasteiger partial charge in [0.05, 0.1) is 5.56 Å². The molecule has 0 atom stereocenters. The lowest BCUT2D eigenvalue weighted by atomic mass is 10.0. The van der Waals surface area contributed by atoms with Crippen LogP contribution in [-0.4, -0.2) is 60.5 Å². The van der Waals surface area contributed by atoms with Crippen LogP contribution in [0.15, 0.2) is 42.7 Å². The van der Waals surface area contributed by atoms with E-state index < -0.39 is 0 Å². The fourth-order valence-corrected chi connectivity index (χ4v) is 3.78. The monoisotopic (exact) mass is 394 g/mol. The molecule has 156 valence electrons. The number of rotatable bonds is 7. The molecule has 1 aromatic carbocycles. The number of nitrogens with zero attached hydrogens (tertiary/aromatic N) is 3. The quantitative estimate of drug-likeness (QED) is 0.779. The maximum Gasteiger partial charge on any atom is 0.252 e. The predicted molar refractivity (Wildman–Crippen MR) is 119 cm³/mol. The number of piperidine rings is 1. The molecule has 0 spiro atoms. The second-order valence-corrected chi connectivity index (χ2v) is 8.71. The Labute approximate surface area is 175 Å². The van der Waals surface area contributed by atoms with Crippen LogP contribution in [0, 0.1) is 5.92 Å². The standard InChI is InChI=1S/C24H34N4O/c1-18(2)14-26-24(29)22-13-21(15-25-16-22)20-7-5-19(6-8-20)17-28(4)23-9-11-27(3)12-10-23/h5-8,13,15-16,18,23H,9-12,14,17H2,1-4H3,(H,26,29). The highest BCUT2D eigenvalue weighted by Gasteiger charge is 2.20. The maximum atomic E-state index is 12.3. The van der Waals surface area contributed by atoms with E-state index in [-0.39, 0.29) is 5.91 Å². The third-order valence-electron chi connectivity index (χ3n) is 5.70. The molecule has 0 saturated carbocycles. The van der Waals surface area contributed by atoms with Crippen molar-refractivity contribution in [3.8, 4) is 11.1 Å². The zero-order valence-corrected chi connectivity index (χ0v) is 18.2. The van der Waals surface area contributed by atoms with Crippen molar-refractivity contribution in [3.63, 3.8) is 0 Å². The Morgan fingerprint density at radius 2 is 1.86 bits per heavy atom. The highest BCUT2D eigenvalue weighted by atomic mass is 16.1. The summed E-state index contributed by atoms with van der Waals surface area (Å²) in [6, 6.07) is 11.2. The summed E-state index contributed by atoms with van der Waals surface area (Å²) in [6.45, 7) is 8.17. The van der Waals surface area contributed by atoms with Crippen LogP contribution in [0.5, 0.6) is 0 Å². The van der Waals surface area contributed by atoms with E-state index in [1.165, 1.54) is 31.5 Å². The number of amides is 1. The van der Waals surface area contributed by atoms with Crippen LogP contribution in [-0.2, 0) is 6.54 Å². The molecule has 1 aliphatic heterocycles. The van der Waals surface area contributed by atoms with Gasteiger partial charge in [0.25, 0.3) is 5.91 Å². The third-order valence-corrected chi connectivity index (χ3v) is 5.70. The van der Waals surface area contributed by atoms with Crippen LogP contribution in [0.25, 0.3) is 11.1 Å². The van der Waals surface area contributed by atoms with E-state index in [0.29, 0.717) is 24.1 Å². The first kappa shape index (κ1) is 21.5. The van der Waals surface area contributed by atoms with Gasteiger partial charge in [0.2, 0.25) is 0 Å². The average molecular weight is 395 g/mol. The van der Waals surface area contributed by atoms with Gasteiger partial charge in [-0.1, -0.05) is 38.1 Å². The number of likely N-dealkylation sites (tertiary alicyclic amines) is 1. The van der Waals surface area contributed by atoms with E-state index in [1.54, 1.807) is 6.20 Å². The maximum absolute atomic E-state index is 12.3. The summed E-state index contributed by atoms with van der Waals surface area (Å²) >= 11 is 0. The van der Waals surface area contributed by atoms with E-state index in [1.807, 2.05) is 12.3 Å². The van der Waals surface area contributed by atoms with Gasteiger partial charge in [-0.3, -0.25) is 14.7 Å². The van der Waals surface area contributed by atoms with E-state index in [4.69, 9.17) is 0 Å². The average Bonchev–Trinajstić information content (AvgIpc) is 2.73.